The normalized spacial score (nSPS) is 10.8. The molecule has 134 valence electrons. The number of non-ortho nitro benzene ring substituents is 1. The molecule has 1 amide bonds. The predicted molar refractivity (Wildman–Crippen MR) is 101 cm³/mol. The maximum atomic E-state index is 12.1. The Kier molecular flexibility index (Phi) is 4.18. The largest absolute Gasteiger partial charge is 0.484 e. The molecule has 0 aliphatic carbocycles. The Morgan fingerprint density at radius 3 is 2.52 bits per heavy atom. The van der Waals surface area contributed by atoms with E-state index in [1.165, 1.54) is 24.3 Å². The third-order valence-electron chi connectivity index (χ3n) is 4.08. The number of rotatable bonds is 5. The molecule has 4 rings (SSSR count). The fourth-order valence-corrected chi connectivity index (χ4v) is 2.81. The molecule has 4 aromatic rings. The molecular formula is C20H14N2O5. The fourth-order valence-electron chi connectivity index (χ4n) is 2.81. The lowest BCUT2D eigenvalue weighted by molar-refractivity contribution is -0.384. The van der Waals surface area contributed by atoms with Crippen LogP contribution in [0.25, 0.3) is 21.9 Å². The van der Waals surface area contributed by atoms with Gasteiger partial charge in [0.05, 0.1) is 4.92 Å². The summed E-state index contributed by atoms with van der Waals surface area (Å²) < 4.78 is 11.1. The molecule has 0 bridgehead atoms. The average molecular weight is 362 g/mol. The molecule has 27 heavy (non-hydrogen) atoms. The Morgan fingerprint density at radius 1 is 1.00 bits per heavy atom. The summed E-state index contributed by atoms with van der Waals surface area (Å²) >= 11 is 0. The lowest BCUT2D eigenvalue weighted by Gasteiger charge is -2.07. The van der Waals surface area contributed by atoms with E-state index in [0.29, 0.717) is 11.4 Å². The van der Waals surface area contributed by atoms with Crippen LogP contribution in [0.3, 0.4) is 0 Å². The molecule has 0 radical (unpaired) electrons. The van der Waals surface area contributed by atoms with Crippen molar-refractivity contribution >= 4 is 39.2 Å². The number of nitro groups is 1. The van der Waals surface area contributed by atoms with Gasteiger partial charge in [0.1, 0.15) is 16.9 Å². The Bertz CT molecular complexity index is 1150. The summed E-state index contributed by atoms with van der Waals surface area (Å²) in [6.07, 6.45) is 0. The zero-order valence-corrected chi connectivity index (χ0v) is 14.0. The van der Waals surface area contributed by atoms with Gasteiger partial charge in [-0.05, 0) is 36.4 Å². The molecule has 1 heterocycles. The topological polar surface area (TPSA) is 94.6 Å². The van der Waals surface area contributed by atoms with Crippen molar-refractivity contribution in [2.75, 3.05) is 11.9 Å². The number of carbonyl (C=O) groups excluding carboxylic acids is 1. The van der Waals surface area contributed by atoms with Crippen LogP contribution in [-0.2, 0) is 4.79 Å². The van der Waals surface area contributed by atoms with E-state index < -0.39 is 4.92 Å². The van der Waals surface area contributed by atoms with Crippen LogP contribution >= 0.6 is 0 Å². The van der Waals surface area contributed by atoms with Gasteiger partial charge in [-0.2, -0.15) is 0 Å². The average Bonchev–Trinajstić information content (AvgIpc) is 3.05. The van der Waals surface area contributed by atoms with E-state index in [1.54, 1.807) is 6.07 Å². The summed E-state index contributed by atoms with van der Waals surface area (Å²) in [6.45, 7) is -0.206. The molecule has 0 saturated carbocycles. The quantitative estimate of drug-likeness (QED) is 0.416. The van der Waals surface area contributed by atoms with Gasteiger partial charge in [-0.25, -0.2) is 0 Å². The SMILES string of the molecule is O=C(COc1ccc([N+](=O)[O-])cc1)Nc1ccc2oc3ccccc3c2c1. The molecular weight excluding hydrogens is 348 g/mol. The number of anilines is 1. The maximum absolute atomic E-state index is 12.1. The van der Waals surface area contributed by atoms with Crippen molar-refractivity contribution in [2.24, 2.45) is 0 Å². The first kappa shape index (κ1) is 16.6. The highest BCUT2D eigenvalue weighted by Crippen LogP contribution is 2.30. The van der Waals surface area contributed by atoms with Gasteiger partial charge < -0.3 is 14.5 Å². The number of benzene rings is 3. The van der Waals surface area contributed by atoms with Crippen molar-refractivity contribution in [3.05, 3.63) is 76.8 Å². The van der Waals surface area contributed by atoms with Crippen molar-refractivity contribution in [3.63, 3.8) is 0 Å². The van der Waals surface area contributed by atoms with Gasteiger partial charge >= 0.3 is 0 Å². The standard InChI is InChI=1S/C20H14N2O5/c23-20(12-26-15-8-6-14(7-9-15)22(24)25)21-13-5-10-19-17(11-13)16-3-1-2-4-18(16)27-19/h1-11H,12H2,(H,21,23). The third-order valence-corrected chi connectivity index (χ3v) is 4.08. The minimum absolute atomic E-state index is 0.0348. The predicted octanol–water partition coefficient (Wildman–Crippen LogP) is 4.51. The summed E-state index contributed by atoms with van der Waals surface area (Å²) in [6, 6.07) is 18.7. The number of hydrogen-bond acceptors (Lipinski definition) is 5. The molecule has 0 spiro atoms. The van der Waals surface area contributed by atoms with Crippen molar-refractivity contribution in [3.8, 4) is 5.75 Å². The van der Waals surface area contributed by atoms with E-state index >= 15 is 0 Å². The van der Waals surface area contributed by atoms with Crippen LogP contribution in [0.15, 0.2) is 71.1 Å². The van der Waals surface area contributed by atoms with E-state index in [0.717, 1.165) is 21.9 Å². The number of fused-ring (bicyclic) bond motifs is 3. The first-order valence-corrected chi connectivity index (χ1v) is 8.18. The zero-order chi connectivity index (χ0) is 18.8. The number of furan rings is 1. The van der Waals surface area contributed by atoms with Gasteiger partial charge in [0.25, 0.3) is 11.6 Å². The first-order chi connectivity index (χ1) is 13.1. The van der Waals surface area contributed by atoms with Crippen molar-refractivity contribution < 1.29 is 18.9 Å². The Morgan fingerprint density at radius 2 is 1.74 bits per heavy atom. The minimum atomic E-state index is -0.494. The number of para-hydroxylation sites is 1. The summed E-state index contributed by atoms with van der Waals surface area (Å²) in [5.41, 5.74) is 2.13. The molecule has 1 aromatic heterocycles. The van der Waals surface area contributed by atoms with E-state index in [2.05, 4.69) is 5.32 Å². The maximum Gasteiger partial charge on any atom is 0.269 e. The van der Waals surface area contributed by atoms with Crippen molar-refractivity contribution in [2.45, 2.75) is 0 Å². The highest BCUT2D eigenvalue weighted by Gasteiger charge is 2.10. The highest BCUT2D eigenvalue weighted by atomic mass is 16.6. The molecule has 3 aromatic carbocycles. The number of nitrogens with zero attached hydrogens (tertiary/aromatic N) is 1. The van der Waals surface area contributed by atoms with Gasteiger partial charge in [0, 0.05) is 28.6 Å². The summed E-state index contributed by atoms with van der Waals surface area (Å²) in [5, 5.41) is 15.3. The van der Waals surface area contributed by atoms with Gasteiger partial charge in [-0.3, -0.25) is 14.9 Å². The molecule has 0 fully saturated rings. The van der Waals surface area contributed by atoms with E-state index in [9.17, 15) is 14.9 Å². The zero-order valence-electron chi connectivity index (χ0n) is 14.0. The van der Waals surface area contributed by atoms with Gasteiger partial charge in [0.2, 0.25) is 0 Å². The van der Waals surface area contributed by atoms with Crippen LogP contribution in [0.2, 0.25) is 0 Å². The summed E-state index contributed by atoms with van der Waals surface area (Å²) in [7, 11) is 0. The van der Waals surface area contributed by atoms with Crippen molar-refractivity contribution in [1.29, 1.82) is 0 Å². The number of ether oxygens (including phenoxy) is 1. The van der Waals surface area contributed by atoms with E-state index in [-0.39, 0.29) is 18.2 Å². The Labute approximate surface area is 153 Å². The van der Waals surface area contributed by atoms with Crippen LogP contribution in [0.1, 0.15) is 0 Å². The van der Waals surface area contributed by atoms with E-state index in [1.807, 2.05) is 36.4 Å². The van der Waals surface area contributed by atoms with Gasteiger partial charge in [-0.15, -0.1) is 0 Å². The Hall–Kier alpha value is -3.87. The molecule has 0 aliphatic rings. The number of amides is 1. The lowest BCUT2D eigenvalue weighted by atomic mass is 10.1. The Balaban J connectivity index is 1.44. The second kappa shape index (κ2) is 6.80. The fraction of sp³-hybridized carbons (Fsp3) is 0.0500. The molecule has 1 N–H and O–H groups in total. The van der Waals surface area contributed by atoms with Crippen molar-refractivity contribution in [1.82, 2.24) is 0 Å². The van der Waals surface area contributed by atoms with E-state index in [4.69, 9.17) is 9.15 Å². The van der Waals surface area contributed by atoms with Crippen LogP contribution < -0.4 is 10.1 Å². The number of nitrogens with one attached hydrogen (secondary N) is 1. The molecule has 0 aliphatic heterocycles. The first-order valence-electron chi connectivity index (χ1n) is 8.18. The minimum Gasteiger partial charge on any atom is -0.484 e. The third kappa shape index (κ3) is 3.43. The van der Waals surface area contributed by atoms with Crippen LogP contribution in [0.4, 0.5) is 11.4 Å². The van der Waals surface area contributed by atoms with Crippen LogP contribution in [0.5, 0.6) is 5.75 Å². The van der Waals surface area contributed by atoms with Gasteiger partial charge in [-0.1, -0.05) is 18.2 Å². The number of hydrogen-bond donors (Lipinski definition) is 1. The van der Waals surface area contributed by atoms with Gasteiger partial charge in [0.15, 0.2) is 6.61 Å². The molecule has 7 heteroatoms. The molecule has 0 unspecified atom stereocenters. The lowest BCUT2D eigenvalue weighted by Crippen LogP contribution is -2.20. The molecule has 7 nitrogen and oxygen atoms in total. The smallest absolute Gasteiger partial charge is 0.269 e. The summed E-state index contributed by atoms with van der Waals surface area (Å²) in [5.74, 6) is 0.0486. The number of carbonyl (C=O) groups is 1. The number of nitro benzene ring substituents is 1. The van der Waals surface area contributed by atoms with Crippen LogP contribution in [-0.4, -0.2) is 17.4 Å². The second-order valence-corrected chi connectivity index (χ2v) is 5.90. The molecule has 0 saturated heterocycles. The molecule has 0 atom stereocenters. The monoisotopic (exact) mass is 362 g/mol. The second-order valence-electron chi connectivity index (χ2n) is 5.90. The highest BCUT2D eigenvalue weighted by molar-refractivity contribution is 6.07. The van der Waals surface area contributed by atoms with Crippen LogP contribution in [0, 0.1) is 10.1 Å². The summed E-state index contributed by atoms with van der Waals surface area (Å²) in [4.78, 5) is 22.3.